The molecule has 4 nitrogen and oxygen atoms in total. The Hall–Kier alpha value is -1.53. The molecular formula is C17H21NO3S2. The number of ether oxygens (including phenoxy) is 1. The third-order valence-electron chi connectivity index (χ3n) is 3.61. The second-order valence-corrected chi connectivity index (χ2v) is 7.00. The minimum Gasteiger partial charge on any atom is -0.504 e. The van der Waals surface area contributed by atoms with Crippen molar-refractivity contribution < 1.29 is 14.6 Å². The molecule has 23 heavy (non-hydrogen) atoms. The molecule has 2 rings (SSSR count). The Labute approximate surface area is 146 Å². The number of thiocarbonyl (C=S) groups is 1. The van der Waals surface area contributed by atoms with Crippen molar-refractivity contribution in [3.8, 4) is 11.5 Å². The maximum atomic E-state index is 12.5. The minimum absolute atomic E-state index is 0.0384. The van der Waals surface area contributed by atoms with Crippen LogP contribution in [0.4, 0.5) is 0 Å². The first kappa shape index (κ1) is 17.8. The summed E-state index contributed by atoms with van der Waals surface area (Å²) in [6.07, 6.45) is 6.22. The molecule has 1 aliphatic rings. The minimum atomic E-state index is -0.0384. The molecule has 0 unspecified atom stereocenters. The average molecular weight is 351 g/mol. The lowest BCUT2D eigenvalue weighted by Gasteiger charge is -2.13. The van der Waals surface area contributed by atoms with Crippen molar-refractivity contribution in [2.75, 3.05) is 13.7 Å². The third-order valence-corrected chi connectivity index (χ3v) is 4.99. The van der Waals surface area contributed by atoms with Gasteiger partial charge in [-0.2, -0.15) is 0 Å². The number of phenols is 1. The molecule has 124 valence electrons. The lowest BCUT2D eigenvalue weighted by Crippen LogP contribution is -2.28. The van der Waals surface area contributed by atoms with Crippen LogP contribution in [-0.4, -0.2) is 33.9 Å². The summed E-state index contributed by atoms with van der Waals surface area (Å²) < 4.78 is 5.70. The topological polar surface area (TPSA) is 49.8 Å². The fourth-order valence-electron chi connectivity index (χ4n) is 2.32. The van der Waals surface area contributed by atoms with E-state index in [1.165, 1.54) is 31.7 Å². The Bertz CT molecular complexity index is 628. The zero-order valence-corrected chi connectivity index (χ0v) is 15.0. The molecule has 0 bridgehead atoms. The number of amides is 1. The van der Waals surface area contributed by atoms with Crippen LogP contribution in [0.5, 0.6) is 11.5 Å². The summed E-state index contributed by atoms with van der Waals surface area (Å²) in [4.78, 5) is 14.8. The molecule has 1 N–H and O–H groups in total. The van der Waals surface area contributed by atoms with E-state index in [4.69, 9.17) is 17.0 Å². The Morgan fingerprint density at radius 1 is 1.35 bits per heavy atom. The molecule has 1 aromatic carbocycles. The monoisotopic (exact) mass is 351 g/mol. The van der Waals surface area contributed by atoms with Gasteiger partial charge < -0.3 is 9.84 Å². The number of unbranched alkanes of at least 4 members (excludes halogenated alkanes) is 3. The van der Waals surface area contributed by atoms with Gasteiger partial charge in [-0.1, -0.05) is 56.2 Å². The highest BCUT2D eigenvalue weighted by molar-refractivity contribution is 8.26. The van der Waals surface area contributed by atoms with Gasteiger partial charge in [0.2, 0.25) is 0 Å². The van der Waals surface area contributed by atoms with Gasteiger partial charge in [0, 0.05) is 6.54 Å². The van der Waals surface area contributed by atoms with Gasteiger partial charge in [0.1, 0.15) is 4.32 Å². The van der Waals surface area contributed by atoms with E-state index in [1.807, 2.05) is 0 Å². The summed E-state index contributed by atoms with van der Waals surface area (Å²) in [7, 11) is 1.49. The van der Waals surface area contributed by atoms with Crippen LogP contribution in [0.2, 0.25) is 0 Å². The lowest BCUT2D eigenvalue weighted by atomic mass is 10.1. The van der Waals surface area contributed by atoms with E-state index in [9.17, 15) is 9.90 Å². The molecule has 0 radical (unpaired) electrons. The van der Waals surface area contributed by atoms with Gasteiger partial charge in [-0.05, 0) is 30.2 Å². The molecular weight excluding hydrogens is 330 g/mol. The van der Waals surface area contributed by atoms with E-state index in [0.29, 0.717) is 21.5 Å². The molecule has 1 aromatic rings. The molecule has 0 saturated carbocycles. The summed E-state index contributed by atoms with van der Waals surface area (Å²) in [5, 5.41) is 9.63. The normalized spacial score (nSPS) is 16.4. The molecule has 1 aliphatic heterocycles. The smallest absolute Gasteiger partial charge is 0.266 e. The van der Waals surface area contributed by atoms with Crippen molar-refractivity contribution in [1.29, 1.82) is 0 Å². The zero-order valence-electron chi connectivity index (χ0n) is 13.4. The summed E-state index contributed by atoms with van der Waals surface area (Å²) in [6, 6.07) is 4.99. The van der Waals surface area contributed by atoms with E-state index in [2.05, 4.69) is 6.92 Å². The van der Waals surface area contributed by atoms with Crippen LogP contribution in [0, 0.1) is 0 Å². The Morgan fingerprint density at radius 2 is 2.13 bits per heavy atom. The maximum absolute atomic E-state index is 12.5. The number of methoxy groups -OCH3 is 1. The first-order valence-corrected chi connectivity index (χ1v) is 8.91. The molecule has 0 spiro atoms. The molecule has 0 atom stereocenters. The number of rotatable bonds is 7. The molecule has 1 saturated heterocycles. The number of hydrogen-bond acceptors (Lipinski definition) is 5. The number of carbonyl (C=O) groups is 1. The van der Waals surface area contributed by atoms with Crippen molar-refractivity contribution in [3.63, 3.8) is 0 Å². The number of hydrogen-bond donors (Lipinski definition) is 1. The van der Waals surface area contributed by atoms with Gasteiger partial charge >= 0.3 is 0 Å². The fraction of sp³-hybridized carbons (Fsp3) is 0.412. The SMILES string of the molecule is CCCCCCN1C(=O)C(=Cc2ccc(O)c(OC)c2)SC1=S. The average Bonchev–Trinajstić information content (AvgIpc) is 2.80. The number of carbonyl (C=O) groups excluding carboxylic acids is 1. The number of benzene rings is 1. The van der Waals surface area contributed by atoms with Crippen LogP contribution >= 0.6 is 24.0 Å². The highest BCUT2D eigenvalue weighted by atomic mass is 32.2. The molecule has 1 fully saturated rings. The molecule has 0 aliphatic carbocycles. The second kappa shape index (κ2) is 8.36. The quantitative estimate of drug-likeness (QED) is 0.454. The Kier molecular flexibility index (Phi) is 6.47. The van der Waals surface area contributed by atoms with Gasteiger partial charge in [0.05, 0.1) is 12.0 Å². The summed E-state index contributed by atoms with van der Waals surface area (Å²) in [5.74, 6) is 0.422. The van der Waals surface area contributed by atoms with Crippen LogP contribution in [0.3, 0.4) is 0 Å². The fourth-order valence-corrected chi connectivity index (χ4v) is 3.63. The van der Waals surface area contributed by atoms with Crippen molar-refractivity contribution in [2.24, 2.45) is 0 Å². The van der Waals surface area contributed by atoms with E-state index < -0.39 is 0 Å². The predicted octanol–water partition coefficient (Wildman–Crippen LogP) is 4.18. The highest BCUT2D eigenvalue weighted by Crippen LogP contribution is 2.34. The third kappa shape index (κ3) is 4.48. The summed E-state index contributed by atoms with van der Waals surface area (Å²) in [5.41, 5.74) is 0.797. The van der Waals surface area contributed by atoms with Gasteiger partial charge in [-0.25, -0.2) is 0 Å². The standard InChI is InChI=1S/C17H21NO3S2/c1-3-4-5-6-9-18-16(20)15(23-17(18)22)11-12-7-8-13(19)14(10-12)21-2/h7-8,10-11,19H,3-6,9H2,1-2H3. The van der Waals surface area contributed by atoms with Gasteiger partial charge in [-0.3, -0.25) is 9.69 Å². The van der Waals surface area contributed by atoms with Crippen molar-refractivity contribution in [2.45, 2.75) is 32.6 Å². The number of thioether (sulfide) groups is 1. The first-order valence-electron chi connectivity index (χ1n) is 7.69. The van der Waals surface area contributed by atoms with E-state index in [-0.39, 0.29) is 11.7 Å². The molecule has 0 aromatic heterocycles. The summed E-state index contributed by atoms with van der Waals surface area (Å²) in [6.45, 7) is 2.84. The van der Waals surface area contributed by atoms with Gasteiger partial charge in [-0.15, -0.1) is 0 Å². The zero-order chi connectivity index (χ0) is 16.8. The van der Waals surface area contributed by atoms with Crippen LogP contribution in [0.25, 0.3) is 6.08 Å². The first-order chi connectivity index (χ1) is 11.1. The van der Waals surface area contributed by atoms with E-state index in [0.717, 1.165) is 18.4 Å². The van der Waals surface area contributed by atoms with Crippen molar-refractivity contribution >= 4 is 40.3 Å². The maximum Gasteiger partial charge on any atom is 0.266 e. The summed E-state index contributed by atoms with van der Waals surface area (Å²) >= 11 is 6.64. The predicted molar refractivity (Wildman–Crippen MR) is 98.7 cm³/mol. The van der Waals surface area contributed by atoms with Crippen LogP contribution in [-0.2, 0) is 4.79 Å². The van der Waals surface area contributed by atoms with Crippen molar-refractivity contribution in [1.82, 2.24) is 4.90 Å². The molecule has 6 heteroatoms. The van der Waals surface area contributed by atoms with Gasteiger partial charge in [0.25, 0.3) is 5.91 Å². The number of nitrogens with zero attached hydrogens (tertiary/aromatic N) is 1. The number of aromatic hydroxyl groups is 1. The number of phenolic OH excluding ortho intramolecular Hbond substituents is 1. The van der Waals surface area contributed by atoms with Crippen molar-refractivity contribution in [3.05, 3.63) is 28.7 Å². The Balaban J connectivity index is 2.09. The molecule has 1 heterocycles. The van der Waals surface area contributed by atoms with E-state index in [1.54, 1.807) is 29.2 Å². The van der Waals surface area contributed by atoms with E-state index >= 15 is 0 Å². The van der Waals surface area contributed by atoms with Gasteiger partial charge in [0.15, 0.2) is 11.5 Å². The van der Waals surface area contributed by atoms with Crippen LogP contribution in [0.1, 0.15) is 38.2 Å². The largest absolute Gasteiger partial charge is 0.504 e. The van der Waals surface area contributed by atoms with Crippen LogP contribution < -0.4 is 4.74 Å². The lowest BCUT2D eigenvalue weighted by molar-refractivity contribution is -0.122. The Morgan fingerprint density at radius 3 is 2.83 bits per heavy atom. The highest BCUT2D eigenvalue weighted by Gasteiger charge is 2.31. The second-order valence-electron chi connectivity index (χ2n) is 5.33. The van der Waals surface area contributed by atoms with Crippen LogP contribution in [0.15, 0.2) is 23.1 Å². The molecule has 1 amide bonds.